The summed E-state index contributed by atoms with van der Waals surface area (Å²) in [6.45, 7) is 4.24. The standard InChI is InChI=1S/C13H16F2N2O3/c1-3-5-8-16(4-2)13(18)11-9(14)6-7-10(12(11)15)17(19)20/h6-7H,3-5,8H2,1-2H3. The smallest absolute Gasteiger partial charge is 0.305 e. The summed E-state index contributed by atoms with van der Waals surface area (Å²) in [5, 5.41) is 10.6. The lowest BCUT2D eigenvalue weighted by molar-refractivity contribution is -0.387. The zero-order chi connectivity index (χ0) is 15.3. The monoisotopic (exact) mass is 286 g/mol. The molecule has 0 atom stereocenters. The highest BCUT2D eigenvalue weighted by atomic mass is 19.1. The molecule has 0 radical (unpaired) electrons. The van der Waals surface area contributed by atoms with Crippen molar-refractivity contribution < 1.29 is 18.5 Å². The number of rotatable bonds is 6. The molecule has 1 aromatic carbocycles. The van der Waals surface area contributed by atoms with E-state index in [4.69, 9.17) is 0 Å². The van der Waals surface area contributed by atoms with Crippen LogP contribution in [0.25, 0.3) is 0 Å². The van der Waals surface area contributed by atoms with Gasteiger partial charge in [-0.2, -0.15) is 4.39 Å². The van der Waals surface area contributed by atoms with Crippen molar-refractivity contribution in [2.24, 2.45) is 0 Å². The van der Waals surface area contributed by atoms with Crippen molar-refractivity contribution in [3.63, 3.8) is 0 Å². The molecule has 5 nitrogen and oxygen atoms in total. The molecule has 110 valence electrons. The van der Waals surface area contributed by atoms with Crippen molar-refractivity contribution in [1.82, 2.24) is 4.90 Å². The molecule has 0 N–H and O–H groups in total. The molecule has 0 aliphatic heterocycles. The van der Waals surface area contributed by atoms with Crippen molar-refractivity contribution in [3.05, 3.63) is 39.4 Å². The summed E-state index contributed by atoms with van der Waals surface area (Å²) >= 11 is 0. The van der Waals surface area contributed by atoms with E-state index in [-0.39, 0.29) is 6.54 Å². The van der Waals surface area contributed by atoms with E-state index < -0.39 is 33.7 Å². The Labute approximate surface area is 115 Å². The van der Waals surface area contributed by atoms with Gasteiger partial charge in [-0.15, -0.1) is 0 Å². The molecule has 1 aromatic rings. The minimum atomic E-state index is -1.42. The second-order valence-corrected chi connectivity index (χ2v) is 4.25. The molecular weight excluding hydrogens is 270 g/mol. The summed E-state index contributed by atoms with van der Waals surface area (Å²) < 4.78 is 27.6. The first-order valence-corrected chi connectivity index (χ1v) is 6.35. The molecular formula is C13H16F2N2O3. The molecule has 0 aromatic heterocycles. The average Bonchev–Trinajstić information content (AvgIpc) is 2.39. The zero-order valence-electron chi connectivity index (χ0n) is 11.4. The molecule has 0 saturated carbocycles. The number of hydrogen-bond acceptors (Lipinski definition) is 3. The van der Waals surface area contributed by atoms with E-state index >= 15 is 0 Å². The van der Waals surface area contributed by atoms with E-state index in [2.05, 4.69) is 0 Å². The number of carbonyl (C=O) groups is 1. The van der Waals surface area contributed by atoms with Gasteiger partial charge in [0.05, 0.1) is 4.92 Å². The number of halogens is 2. The summed E-state index contributed by atoms with van der Waals surface area (Å²) in [5.74, 6) is -3.37. The average molecular weight is 286 g/mol. The van der Waals surface area contributed by atoms with Crippen LogP contribution in [-0.2, 0) is 0 Å². The van der Waals surface area contributed by atoms with Crippen LogP contribution < -0.4 is 0 Å². The van der Waals surface area contributed by atoms with Gasteiger partial charge in [-0.1, -0.05) is 13.3 Å². The van der Waals surface area contributed by atoms with Crippen LogP contribution in [0.2, 0.25) is 0 Å². The number of nitro groups is 1. The van der Waals surface area contributed by atoms with Gasteiger partial charge in [0, 0.05) is 19.2 Å². The van der Waals surface area contributed by atoms with Crippen LogP contribution in [0.3, 0.4) is 0 Å². The largest absolute Gasteiger partial charge is 0.339 e. The Kier molecular flexibility index (Phi) is 5.54. The zero-order valence-corrected chi connectivity index (χ0v) is 11.4. The first-order chi connectivity index (χ1) is 9.43. The topological polar surface area (TPSA) is 63.5 Å². The van der Waals surface area contributed by atoms with E-state index in [1.807, 2.05) is 6.92 Å². The fourth-order valence-electron chi connectivity index (χ4n) is 1.79. The minimum Gasteiger partial charge on any atom is -0.339 e. The van der Waals surface area contributed by atoms with E-state index in [9.17, 15) is 23.7 Å². The van der Waals surface area contributed by atoms with Crippen molar-refractivity contribution in [1.29, 1.82) is 0 Å². The quantitative estimate of drug-likeness (QED) is 0.596. The van der Waals surface area contributed by atoms with E-state index in [0.717, 1.165) is 12.5 Å². The summed E-state index contributed by atoms with van der Waals surface area (Å²) in [5.41, 5.74) is -1.77. The molecule has 0 unspecified atom stereocenters. The Bertz CT molecular complexity index is 521. The highest BCUT2D eigenvalue weighted by molar-refractivity contribution is 5.95. The number of nitrogens with zero attached hydrogens (tertiary/aromatic N) is 2. The van der Waals surface area contributed by atoms with Gasteiger partial charge < -0.3 is 4.90 Å². The molecule has 0 fully saturated rings. The van der Waals surface area contributed by atoms with Gasteiger partial charge in [0.25, 0.3) is 5.91 Å². The van der Waals surface area contributed by atoms with Gasteiger partial charge >= 0.3 is 5.69 Å². The van der Waals surface area contributed by atoms with E-state index in [1.54, 1.807) is 6.92 Å². The fourth-order valence-corrected chi connectivity index (χ4v) is 1.79. The molecule has 0 saturated heterocycles. The Hall–Kier alpha value is -2.05. The summed E-state index contributed by atoms with van der Waals surface area (Å²) in [7, 11) is 0. The van der Waals surface area contributed by atoms with E-state index in [1.165, 1.54) is 4.90 Å². The Morgan fingerprint density at radius 3 is 2.50 bits per heavy atom. The van der Waals surface area contributed by atoms with E-state index in [0.29, 0.717) is 19.0 Å². The van der Waals surface area contributed by atoms with Gasteiger partial charge in [0.15, 0.2) is 0 Å². The molecule has 0 aliphatic rings. The fraction of sp³-hybridized carbons (Fsp3) is 0.462. The Balaban J connectivity index is 3.20. The van der Waals surface area contributed by atoms with Gasteiger partial charge in [0.2, 0.25) is 5.82 Å². The Morgan fingerprint density at radius 1 is 1.35 bits per heavy atom. The molecule has 0 bridgehead atoms. The number of benzene rings is 1. The highest BCUT2D eigenvalue weighted by Gasteiger charge is 2.28. The van der Waals surface area contributed by atoms with Gasteiger partial charge in [-0.3, -0.25) is 14.9 Å². The number of hydrogen-bond donors (Lipinski definition) is 0. The second kappa shape index (κ2) is 6.93. The molecule has 1 rings (SSSR count). The lowest BCUT2D eigenvalue weighted by atomic mass is 10.1. The van der Waals surface area contributed by atoms with Gasteiger partial charge in [-0.05, 0) is 19.4 Å². The third-order valence-electron chi connectivity index (χ3n) is 2.93. The number of nitro benzene ring substituents is 1. The second-order valence-electron chi connectivity index (χ2n) is 4.25. The van der Waals surface area contributed by atoms with Crippen molar-refractivity contribution in [3.8, 4) is 0 Å². The van der Waals surface area contributed by atoms with Crippen molar-refractivity contribution >= 4 is 11.6 Å². The lowest BCUT2D eigenvalue weighted by Crippen LogP contribution is -2.33. The molecule has 1 amide bonds. The maximum absolute atomic E-state index is 13.9. The van der Waals surface area contributed by atoms with Gasteiger partial charge in [-0.25, -0.2) is 4.39 Å². The SMILES string of the molecule is CCCCN(CC)C(=O)c1c(F)ccc([N+](=O)[O-])c1F. The minimum absolute atomic E-state index is 0.278. The predicted molar refractivity (Wildman–Crippen MR) is 69.5 cm³/mol. The summed E-state index contributed by atoms with van der Waals surface area (Å²) in [4.78, 5) is 23.1. The van der Waals surface area contributed by atoms with Gasteiger partial charge in [0.1, 0.15) is 11.4 Å². The maximum atomic E-state index is 13.9. The first-order valence-electron chi connectivity index (χ1n) is 6.35. The molecule has 20 heavy (non-hydrogen) atoms. The maximum Gasteiger partial charge on any atom is 0.305 e. The number of unbranched alkanes of at least 4 members (excludes halogenated alkanes) is 1. The van der Waals surface area contributed by atoms with Crippen LogP contribution in [0.1, 0.15) is 37.0 Å². The molecule has 0 aliphatic carbocycles. The first kappa shape index (κ1) is 16.0. The van der Waals surface area contributed by atoms with Crippen LogP contribution in [0.4, 0.5) is 14.5 Å². The van der Waals surface area contributed by atoms with Crippen molar-refractivity contribution in [2.75, 3.05) is 13.1 Å². The van der Waals surface area contributed by atoms with Crippen LogP contribution in [0, 0.1) is 21.7 Å². The lowest BCUT2D eigenvalue weighted by Gasteiger charge is -2.21. The molecule has 0 spiro atoms. The van der Waals surface area contributed by atoms with Crippen LogP contribution in [-0.4, -0.2) is 28.8 Å². The van der Waals surface area contributed by atoms with Crippen LogP contribution in [0.5, 0.6) is 0 Å². The molecule has 7 heteroatoms. The highest BCUT2D eigenvalue weighted by Crippen LogP contribution is 2.24. The Morgan fingerprint density at radius 2 is 2.00 bits per heavy atom. The predicted octanol–water partition coefficient (Wildman–Crippen LogP) is 3.14. The van der Waals surface area contributed by atoms with Crippen LogP contribution in [0.15, 0.2) is 12.1 Å². The third kappa shape index (κ3) is 3.28. The third-order valence-corrected chi connectivity index (χ3v) is 2.93. The van der Waals surface area contributed by atoms with Crippen molar-refractivity contribution in [2.45, 2.75) is 26.7 Å². The van der Waals surface area contributed by atoms with Crippen LogP contribution >= 0.6 is 0 Å². The summed E-state index contributed by atoms with van der Waals surface area (Å²) in [6.07, 6.45) is 1.52. The number of amides is 1. The summed E-state index contributed by atoms with van der Waals surface area (Å²) in [6, 6.07) is 1.45. The molecule has 0 heterocycles. The number of carbonyl (C=O) groups excluding carboxylic acids is 1. The normalized spacial score (nSPS) is 10.4.